The van der Waals surface area contributed by atoms with Gasteiger partial charge in [0.2, 0.25) is 5.91 Å². The minimum Gasteiger partial charge on any atom is -0.343 e. The zero-order valence-corrected chi connectivity index (χ0v) is 6.71. The first kappa shape index (κ1) is 8.53. The third kappa shape index (κ3) is 2.50. The summed E-state index contributed by atoms with van der Waals surface area (Å²) in [7, 11) is 0. The highest BCUT2D eigenvalue weighted by molar-refractivity contribution is 5.76. The lowest BCUT2D eigenvalue weighted by Gasteiger charge is -2.26. The Labute approximate surface area is 67.0 Å². The molecule has 0 atom stereocenters. The number of piperidine rings is 1. The van der Waals surface area contributed by atoms with E-state index in [1.807, 2.05) is 0 Å². The largest absolute Gasteiger partial charge is 0.343 e. The SMILES string of the molecule is [O]CCCN1CCCCC1=O. The summed E-state index contributed by atoms with van der Waals surface area (Å²) in [5.41, 5.74) is 0. The second-order valence-corrected chi connectivity index (χ2v) is 2.90. The summed E-state index contributed by atoms with van der Waals surface area (Å²) in [4.78, 5) is 12.9. The van der Waals surface area contributed by atoms with Crippen LogP contribution in [0.25, 0.3) is 0 Å². The van der Waals surface area contributed by atoms with Crippen molar-refractivity contribution >= 4 is 5.91 Å². The zero-order valence-electron chi connectivity index (χ0n) is 6.71. The molecule has 1 aliphatic rings. The monoisotopic (exact) mass is 156 g/mol. The highest BCUT2D eigenvalue weighted by atomic mass is 16.3. The molecule has 0 aromatic carbocycles. The van der Waals surface area contributed by atoms with Crippen LogP contribution in [0.2, 0.25) is 0 Å². The zero-order chi connectivity index (χ0) is 8.10. The molecule has 1 saturated heterocycles. The number of carbonyl (C=O) groups excluding carboxylic acids is 1. The lowest BCUT2D eigenvalue weighted by atomic mass is 10.1. The summed E-state index contributed by atoms with van der Waals surface area (Å²) in [6, 6.07) is 0. The minimum absolute atomic E-state index is 0.0657. The van der Waals surface area contributed by atoms with Crippen LogP contribution in [-0.2, 0) is 9.90 Å². The quantitative estimate of drug-likeness (QED) is 0.596. The summed E-state index contributed by atoms with van der Waals surface area (Å²) in [5, 5.41) is 10.1. The molecular formula is C8H14NO2. The average molecular weight is 156 g/mol. The highest BCUT2D eigenvalue weighted by Gasteiger charge is 2.16. The second-order valence-electron chi connectivity index (χ2n) is 2.90. The molecule has 0 N–H and O–H groups in total. The number of hydrogen-bond donors (Lipinski definition) is 0. The summed E-state index contributed by atoms with van der Waals surface area (Å²) < 4.78 is 0. The predicted octanol–water partition coefficient (Wildman–Crippen LogP) is 0.820. The molecule has 3 nitrogen and oxygen atoms in total. The fraction of sp³-hybridized carbons (Fsp3) is 0.875. The Morgan fingerprint density at radius 3 is 2.82 bits per heavy atom. The van der Waals surface area contributed by atoms with Gasteiger partial charge in [-0.3, -0.25) is 4.79 Å². The molecule has 1 fully saturated rings. The minimum atomic E-state index is -0.0657. The Kier molecular flexibility index (Phi) is 3.36. The molecule has 3 heteroatoms. The van der Waals surface area contributed by atoms with Gasteiger partial charge in [0.05, 0.1) is 6.61 Å². The molecule has 0 aromatic heterocycles. The van der Waals surface area contributed by atoms with E-state index in [1.165, 1.54) is 0 Å². The summed E-state index contributed by atoms with van der Waals surface area (Å²) >= 11 is 0. The van der Waals surface area contributed by atoms with Crippen molar-refractivity contribution in [3.8, 4) is 0 Å². The van der Waals surface area contributed by atoms with Gasteiger partial charge in [-0.1, -0.05) is 0 Å². The first-order chi connectivity index (χ1) is 5.34. The standard InChI is InChI=1S/C8H14NO2/c10-7-3-6-9-5-2-1-4-8(9)11/h1-7H2. The summed E-state index contributed by atoms with van der Waals surface area (Å²) in [6.07, 6.45) is 3.40. The normalized spacial score (nSPS) is 19.0. The van der Waals surface area contributed by atoms with Gasteiger partial charge in [-0.25, -0.2) is 5.11 Å². The molecule has 0 saturated carbocycles. The lowest BCUT2D eigenvalue weighted by molar-refractivity contribution is -0.133. The van der Waals surface area contributed by atoms with Gasteiger partial charge >= 0.3 is 0 Å². The molecule has 11 heavy (non-hydrogen) atoms. The van der Waals surface area contributed by atoms with Gasteiger partial charge in [0.1, 0.15) is 0 Å². The van der Waals surface area contributed by atoms with Gasteiger partial charge in [-0.2, -0.15) is 0 Å². The van der Waals surface area contributed by atoms with Crippen molar-refractivity contribution in [2.24, 2.45) is 0 Å². The predicted molar refractivity (Wildman–Crippen MR) is 40.6 cm³/mol. The van der Waals surface area contributed by atoms with Crippen molar-refractivity contribution in [3.63, 3.8) is 0 Å². The van der Waals surface area contributed by atoms with Gasteiger partial charge in [0.25, 0.3) is 0 Å². The Balaban J connectivity index is 2.24. The maximum atomic E-state index is 11.1. The van der Waals surface area contributed by atoms with Crippen LogP contribution in [0.1, 0.15) is 25.7 Å². The topological polar surface area (TPSA) is 40.2 Å². The van der Waals surface area contributed by atoms with E-state index in [2.05, 4.69) is 0 Å². The molecule has 1 heterocycles. The second kappa shape index (κ2) is 4.34. The number of amides is 1. The number of carbonyl (C=O) groups is 1. The summed E-state index contributed by atoms with van der Waals surface area (Å²) in [6.45, 7) is 1.46. The molecule has 1 aliphatic heterocycles. The van der Waals surface area contributed by atoms with Crippen molar-refractivity contribution in [2.45, 2.75) is 25.7 Å². The Hall–Kier alpha value is -0.570. The molecular weight excluding hydrogens is 142 g/mol. The van der Waals surface area contributed by atoms with Crippen LogP contribution in [0.3, 0.4) is 0 Å². The number of rotatable bonds is 3. The maximum Gasteiger partial charge on any atom is 0.222 e. The van der Waals surface area contributed by atoms with Crippen LogP contribution in [-0.4, -0.2) is 30.5 Å². The lowest BCUT2D eigenvalue weighted by Crippen LogP contribution is -2.36. The van der Waals surface area contributed by atoms with Crippen LogP contribution in [0.5, 0.6) is 0 Å². The van der Waals surface area contributed by atoms with Crippen molar-refractivity contribution in [1.29, 1.82) is 0 Å². The van der Waals surface area contributed by atoms with Crippen LogP contribution in [0, 0.1) is 0 Å². The number of hydrogen-bond acceptors (Lipinski definition) is 1. The molecule has 0 unspecified atom stereocenters. The van der Waals surface area contributed by atoms with Gasteiger partial charge in [-0.05, 0) is 19.3 Å². The van der Waals surface area contributed by atoms with Crippen LogP contribution >= 0.6 is 0 Å². The van der Waals surface area contributed by atoms with E-state index in [9.17, 15) is 9.90 Å². The van der Waals surface area contributed by atoms with E-state index >= 15 is 0 Å². The fourth-order valence-corrected chi connectivity index (χ4v) is 1.35. The van der Waals surface area contributed by atoms with E-state index in [4.69, 9.17) is 0 Å². The van der Waals surface area contributed by atoms with Gasteiger partial charge < -0.3 is 4.90 Å². The van der Waals surface area contributed by atoms with Crippen molar-refractivity contribution < 1.29 is 9.90 Å². The average Bonchev–Trinajstić information content (AvgIpc) is 2.03. The van der Waals surface area contributed by atoms with Gasteiger partial charge in [0.15, 0.2) is 0 Å². The molecule has 0 aromatic rings. The molecule has 1 amide bonds. The molecule has 1 rings (SSSR count). The Bertz CT molecular complexity index is 136. The first-order valence-corrected chi connectivity index (χ1v) is 4.20. The van der Waals surface area contributed by atoms with E-state index in [0.717, 1.165) is 19.4 Å². The molecule has 0 aliphatic carbocycles. The summed E-state index contributed by atoms with van der Waals surface area (Å²) in [5.74, 6) is 0.227. The van der Waals surface area contributed by atoms with Crippen molar-refractivity contribution in [1.82, 2.24) is 4.90 Å². The molecule has 63 valence electrons. The van der Waals surface area contributed by atoms with Crippen LogP contribution < -0.4 is 0 Å². The third-order valence-electron chi connectivity index (χ3n) is 1.99. The van der Waals surface area contributed by atoms with Crippen molar-refractivity contribution in [2.75, 3.05) is 19.7 Å². The van der Waals surface area contributed by atoms with Crippen molar-refractivity contribution in [3.05, 3.63) is 0 Å². The molecule has 0 spiro atoms. The van der Waals surface area contributed by atoms with E-state index < -0.39 is 0 Å². The maximum absolute atomic E-state index is 11.1. The molecule has 0 bridgehead atoms. The Morgan fingerprint density at radius 1 is 1.36 bits per heavy atom. The first-order valence-electron chi connectivity index (χ1n) is 4.20. The van der Waals surface area contributed by atoms with E-state index in [-0.39, 0.29) is 12.5 Å². The van der Waals surface area contributed by atoms with Gasteiger partial charge in [-0.15, -0.1) is 0 Å². The van der Waals surface area contributed by atoms with E-state index in [1.54, 1.807) is 4.90 Å². The van der Waals surface area contributed by atoms with Crippen LogP contribution in [0.4, 0.5) is 0 Å². The highest BCUT2D eigenvalue weighted by Crippen LogP contribution is 2.10. The van der Waals surface area contributed by atoms with Gasteiger partial charge in [0, 0.05) is 19.5 Å². The fourth-order valence-electron chi connectivity index (χ4n) is 1.35. The smallest absolute Gasteiger partial charge is 0.222 e. The number of nitrogens with zero attached hydrogens (tertiary/aromatic N) is 1. The van der Waals surface area contributed by atoms with Crippen LogP contribution in [0.15, 0.2) is 0 Å². The number of likely N-dealkylation sites (tertiary alicyclic amines) is 1. The third-order valence-corrected chi connectivity index (χ3v) is 1.99. The van der Waals surface area contributed by atoms with E-state index in [0.29, 0.717) is 19.4 Å². The Morgan fingerprint density at radius 2 is 2.18 bits per heavy atom. The molecule has 1 radical (unpaired) electrons.